The number of aromatic nitrogens is 1. The summed E-state index contributed by atoms with van der Waals surface area (Å²) in [6.07, 6.45) is 10.7. The van der Waals surface area contributed by atoms with Gasteiger partial charge in [-0.2, -0.15) is 0 Å². The maximum absolute atomic E-state index is 4.98. The van der Waals surface area contributed by atoms with Crippen molar-refractivity contribution in [1.29, 1.82) is 0 Å². The summed E-state index contributed by atoms with van der Waals surface area (Å²) in [5.41, 5.74) is 0. The van der Waals surface area contributed by atoms with Crippen molar-refractivity contribution < 1.29 is 0 Å². The van der Waals surface area contributed by atoms with E-state index in [1.54, 1.807) is 16.2 Å². The van der Waals surface area contributed by atoms with Gasteiger partial charge < -0.3 is 0 Å². The average Bonchev–Trinajstić information content (AvgIpc) is 3.18. The molecular weight excluding hydrogens is 457 g/mol. The number of nitrogens with zero attached hydrogens (tertiary/aromatic N) is 3. The summed E-state index contributed by atoms with van der Waals surface area (Å²) in [5, 5.41) is 1.32. The van der Waals surface area contributed by atoms with Crippen LogP contribution in [0.5, 0.6) is 0 Å². The molecule has 2 rings (SSSR count). The monoisotopic (exact) mass is 501 g/mol. The molecule has 0 aromatic carbocycles. The Morgan fingerprint density at radius 1 is 0.926 bits per heavy atom. The van der Waals surface area contributed by atoms with Gasteiger partial charge in [0.15, 0.2) is 0 Å². The minimum absolute atomic E-state index is 0.667. The molecule has 1 saturated heterocycles. The fourth-order valence-electron chi connectivity index (χ4n) is 4.38. The summed E-state index contributed by atoms with van der Waals surface area (Å²) in [6, 6.07) is 0.667. The zero-order chi connectivity index (χ0) is 19.7. The first kappa shape index (κ1) is 23.5. The van der Waals surface area contributed by atoms with Crippen molar-refractivity contribution in [3.8, 4) is 0 Å². The van der Waals surface area contributed by atoms with E-state index >= 15 is 0 Å². The van der Waals surface area contributed by atoms with Crippen molar-refractivity contribution in [2.75, 3.05) is 31.1 Å². The molecule has 0 spiro atoms. The van der Waals surface area contributed by atoms with Crippen LogP contribution in [0.15, 0.2) is 6.20 Å². The standard InChI is InChI=1S/C10H16N3S.3C4H9.Sn/c1-9(2)12-4-6-13(7-5-12)10-11-3-8-14-10;3*1-3-4-2;/h3,9H,4-7H2,1-2H3;3*1,3-4H2,2H3;. The fraction of sp³-hybridized carbons (Fsp3) is 0.864. The van der Waals surface area contributed by atoms with Gasteiger partial charge in [-0.05, 0) is 0 Å². The van der Waals surface area contributed by atoms with E-state index in [1.165, 1.54) is 56.7 Å². The quantitative estimate of drug-likeness (QED) is 0.342. The number of hydrogen-bond acceptors (Lipinski definition) is 4. The van der Waals surface area contributed by atoms with Crippen LogP contribution >= 0.6 is 11.3 Å². The Kier molecular flexibility index (Phi) is 10.4. The van der Waals surface area contributed by atoms with E-state index < -0.39 is 18.4 Å². The number of unbranched alkanes of at least 4 members (excludes halogenated alkanes) is 3. The summed E-state index contributed by atoms with van der Waals surface area (Å²) in [5.74, 6) is 0. The molecule has 0 saturated carbocycles. The van der Waals surface area contributed by atoms with Gasteiger partial charge in [-0.1, -0.05) is 0 Å². The molecule has 1 fully saturated rings. The molecule has 5 heteroatoms. The van der Waals surface area contributed by atoms with Crippen molar-refractivity contribution in [3.63, 3.8) is 0 Å². The van der Waals surface area contributed by atoms with Crippen LogP contribution in [-0.4, -0.2) is 60.5 Å². The summed E-state index contributed by atoms with van der Waals surface area (Å²) in [7, 11) is 0. The van der Waals surface area contributed by atoms with Gasteiger partial charge in [0.25, 0.3) is 0 Å². The van der Waals surface area contributed by atoms with Gasteiger partial charge in [0.1, 0.15) is 0 Å². The van der Waals surface area contributed by atoms with Crippen LogP contribution in [0.3, 0.4) is 0 Å². The van der Waals surface area contributed by atoms with E-state index in [2.05, 4.69) is 62.0 Å². The summed E-state index contributed by atoms with van der Waals surface area (Å²) >= 11 is -0.195. The Hall–Kier alpha value is 0.189. The second-order valence-electron chi connectivity index (χ2n) is 8.71. The Morgan fingerprint density at radius 2 is 1.44 bits per heavy atom. The zero-order valence-electron chi connectivity index (χ0n) is 18.6. The van der Waals surface area contributed by atoms with Gasteiger partial charge in [-0.3, -0.25) is 0 Å². The number of thiazole rings is 1. The van der Waals surface area contributed by atoms with Gasteiger partial charge >= 0.3 is 177 Å². The molecule has 0 N–H and O–H groups in total. The molecule has 0 radical (unpaired) electrons. The van der Waals surface area contributed by atoms with Crippen LogP contribution in [0.4, 0.5) is 5.13 Å². The molecule has 1 aromatic rings. The van der Waals surface area contributed by atoms with Gasteiger partial charge in [0, 0.05) is 0 Å². The first-order valence-corrected chi connectivity index (χ1v) is 19.8. The van der Waals surface area contributed by atoms with Crippen LogP contribution in [0.1, 0.15) is 73.1 Å². The van der Waals surface area contributed by atoms with E-state index in [0.29, 0.717) is 6.04 Å². The molecule has 0 atom stereocenters. The summed E-state index contributed by atoms with van der Waals surface area (Å²) in [4.78, 5) is 10.1. The van der Waals surface area contributed by atoms with Crippen molar-refractivity contribution in [1.82, 2.24) is 9.88 Å². The van der Waals surface area contributed by atoms with Crippen molar-refractivity contribution in [2.45, 2.75) is 92.5 Å². The third kappa shape index (κ3) is 6.60. The fourth-order valence-corrected chi connectivity index (χ4v) is 24.0. The summed E-state index contributed by atoms with van der Waals surface area (Å²) < 4.78 is 6.43. The molecule has 0 bridgehead atoms. The Bertz CT molecular complexity index is 502. The minimum atomic E-state index is -2.29. The summed E-state index contributed by atoms with van der Waals surface area (Å²) in [6.45, 7) is 16.4. The molecular formula is C22H43N3SSn. The van der Waals surface area contributed by atoms with E-state index in [1.807, 2.05) is 0 Å². The third-order valence-electron chi connectivity index (χ3n) is 6.36. The van der Waals surface area contributed by atoms with Crippen LogP contribution in [0.2, 0.25) is 13.3 Å². The van der Waals surface area contributed by atoms with Crippen LogP contribution in [-0.2, 0) is 0 Å². The predicted molar refractivity (Wildman–Crippen MR) is 126 cm³/mol. The topological polar surface area (TPSA) is 19.4 Å². The Labute approximate surface area is 176 Å². The average molecular weight is 500 g/mol. The molecule has 1 aromatic heterocycles. The van der Waals surface area contributed by atoms with E-state index in [4.69, 9.17) is 4.98 Å². The SMILES string of the molecule is CCC[CH2][Sn]([CH2]CCC)([CH2]CCC)[c]1cnc(N2CCN(C(C)C)CC2)s1. The van der Waals surface area contributed by atoms with Crippen LogP contribution < -0.4 is 7.79 Å². The van der Waals surface area contributed by atoms with Gasteiger partial charge in [-0.25, -0.2) is 0 Å². The van der Waals surface area contributed by atoms with Crippen LogP contribution in [0.25, 0.3) is 0 Å². The molecule has 156 valence electrons. The molecule has 1 aliphatic heterocycles. The van der Waals surface area contributed by atoms with E-state index in [0.717, 1.165) is 13.1 Å². The molecule has 3 nitrogen and oxygen atoms in total. The number of anilines is 1. The molecule has 27 heavy (non-hydrogen) atoms. The van der Waals surface area contributed by atoms with E-state index in [-0.39, 0.29) is 0 Å². The third-order valence-corrected chi connectivity index (χ3v) is 25.6. The second-order valence-corrected chi connectivity index (χ2v) is 23.9. The van der Waals surface area contributed by atoms with Crippen LogP contribution in [0, 0.1) is 0 Å². The maximum atomic E-state index is 4.98. The first-order chi connectivity index (χ1) is 13.1. The zero-order valence-corrected chi connectivity index (χ0v) is 22.3. The van der Waals surface area contributed by atoms with Crippen molar-refractivity contribution in [2.24, 2.45) is 0 Å². The van der Waals surface area contributed by atoms with E-state index in [9.17, 15) is 0 Å². The Balaban J connectivity index is 2.15. The molecule has 0 aliphatic carbocycles. The number of hydrogen-bond donors (Lipinski definition) is 0. The molecule has 0 unspecified atom stereocenters. The molecule has 2 heterocycles. The molecule has 0 amide bonds. The first-order valence-electron chi connectivity index (χ1n) is 11.5. The Morgan fingerprint density at radius 3 is 1.89 bits per heavy atom. The number of rotatable bonds is 12. The predicted octanol–water partition coefficient (Wildman–Crippen LogP) is 5.73. The molecule has 1 aliphatic rings. The second kappa shape index (κ2) is 12.0. The van der Waals surface area contributed by atoms with Gasteiger partial charge in [-0.15, -0.1) is 0 Å². The van der Waals surface area contributed by atoms with Crippen molar-refractivity contribution in [3.05, 3.63) is 6.20 Å². The van der Waals surface area contributed by atoms with Gasteiger partial charge in [0.05, 0.1) is 0 Å². The number of piperazine rings is 1. The normalized spacial score (nSPS) is 16.4. The van der Waals surface area contributed by atoms with Crippen molar-refractivity contribution >= 4 is 37.7 Å². The van der Waals surface area contributed by atoms with Gasteiger partial charge in [0.2, 0.25) is 0 Å².